The summed E-state index contributed by atoms with van der Waals surface area (Å²) in [6.07, 6.45) is 1.32. The van der Waals surface area contributed by atoms with Crippen molar-refractivity contribution in [3.05, 3.63) is 18.0 Å². The summed E-state index contributed by atoms with van der Waals surface area (Å²) in [5.74, 6) is -1.66. The molecule has 6 heteroatoms. The highest BCUT2D eigenvalue weighted by atomic mass is 16.5. The lowest BCUT2D eigenvalue weighted by atomic mass is 9.99. The van der Waals surface area contributed by atoms with Crippen LogP contribution in [0.25, 0.3) is 0 Å². The van der Waals surface area contributed by atoms with Gasteiger partial charge < -0.3 is 14.5 Å². The van der Waals surface area contributed by atoms with Gasteiger partial charge in [0.05, 0.1) is 5.92 Å². The third-order valence-corrected chi connectivity index (χ3v) is 2.87. The second kappa shape index (κ2) is 3.96. The van der Waals surface area contributed by atoms with Gasteiger partial charge in [0, 0.05) is 19.2 Å². The number of amides is 1. The van der Waals surface area contributed by atoms with Crippen LogP contribution >= 0.6 is 0 Å². The fourth-order valence-corrected chi connectivity index (χ4v) is 1.94. The Morgan fingerprint density at radius 1 is 1.56 bits per heavy atom. The maximum Gasteiger partial charge on any atom is 0.308 e. The van der Waals surface area contributed by atoms with Crippen LogP contribution in [0.1, 0.15) is 17.4 Å². The van der Waals surface area contributed by atoms with Gasteiger partial charge in [0.2, 0.25) is 0 Å². The van der Waals surface area contributed by atoms with Crippen LogP contribution in [0.15, 0.2) is 16.9 Å². The van der Waals surface area contributed by atoms with Crippen LogP contribution in [0.2, 0.25) is 0 Å². The first-order valence-corrected chi connectivity index (χ1v) is 5.02. The van der Waals surface area contributed by atoms with E-state index in [1.807, 2.05) is 6.92 Å². The molecule has 1 aliphatic rings. The maximum atomic E-state index is 11.8. The van der Waals surface area contributed by atoms with Crippen LogP contribution in [-0.2, 0) is 4.79 Å². The van der Waals surface area contributed by atoms with Crippen molar-refractivity contribution in [2.45, 2.75) is 6.92 Å². The zero-order valence-corrected chi connectivity index (χ0v) is 8.79. The standard InChI is InChI=1S/C10H12N2O4/c1-6-4-12(5-7(6)10(14)15)9(13)8-2-3-16-11-8/h2-3,6-7H,4-5H2,1H3,(H,14,15)/t6-,7-/m1/s1. The Kier molecular flexibility index (Phi) is 2.64. The number of hydrogen-bond acceptors (Lipinski definition) is 4. The molecule has 1 N–H and O–H groups in total. The van der Waals surface area contributed by atoms with Crippen LogP contribution in [0, 0.1) is 11.8 Å². The minimum atomic E-state index is -0.858. The largest absolute Gasteiger partial charge is 0.481 e. The molecule has 1 saturated heterocycles. The lowest BCUT2D eigenvalue weighted by Gasteiger charge is -2.13. The summed E-state index contributed by atoms with van der Waals surface area (Å²) in [5, 5.41) is 12.5. The van der Waals surface area contributed by atoms with Gasteiger partial charge >= 0.3 is 5.97 Å². The summed E-state index contributed by atoms with van der Waals surface area (Å²) < 4.78 is 4.58. The first kappa shape index (κ1) is 10.7. The van der Waals surface area contributed by atoms with E-state index in [0.29, 0.717) is 6.54 Å². The fourth-order valence-electron chi connectivity index (χ4n) is 1.94. The van der Waals surface area contributed by atoms with Gasteiger partial charge in [-0.3, -0.25) is 9.59 Å². The monoisotopic (exact) mass is 224 g/mol. The van der Waals surface area contributed by atoms with Gasteiger partial charge in [0.15, 0.2) is 5.69 Å². The summed E-state index contributed by atoms with van der Waals surface area (Å²) in [6.45, 7) is 2.51. The van der Waals surface area contributed by atoms with Gasteiger partial charge in [-0.2, -0.15) is 0 Å². The molecule has 1 aliphatic heterocycles. The minimum Gasteiger partial charge on any atom is -0.481 e. The average molecular weight is 224 g/mol. The molecule has 2 atom stereocenters. The number of nitrogens with zero attached hydrogens (tertiary/aromatic N) is 2. The predicted octanol–water partition coefficient (Wildman–Crippen LogP) is 0.467. The number of rotatable bonds is 2. The van der Waals surface area contributed by atoms with Gasteiger partial charge in [-0.15, -0.1) is 0 Å². The summed E-state index contributed by atoms with van der Waals surface area (Å²) in [7, 11) is 0. The van der Waals surface area contributed by atoms with E-state index in [1.165, 1.54) is 17.2 Å². The van der Waals surface area contributed by atoms with Gasteiger partial charge in [0.25, 0.3) is 5.91 Å². The van der Waals surface area contributed by atoms with Crippen molar-refractivity contribution in [1.29, 1.82) is 0 Å². The number of carboxylic acid groups (broad SMARTS) is 1. The second-order valence-corrected chi connectivity index (χ2v) is 4.02. The topological polar surface area (TPSA) is 83.6 Å². The van der Waals surface area contributed by atoms with Crippen LogP contribution in [0.3, 0.4) is 0 Å². The fraction of sp³-hybridized carbons (Fsp3) is 0.500. The molecule has 1 amide bonds. The summed E-state index contributed by atoms with van der Waals surface area (Å²) >= 11 is 0. The van der Waals surface area contributed by atoms with Crippen molar-refractivity contribution < 1.29 is 19.2 Å². The van der Waals surface area contributed by atoms with E-state index >= 15 is 0 Å². The number of aromatic nitrogens is 1. The number of carbonyl (C=O) groups is 2. The highest BCUT2D eigenvalue weighted by Gasteiger charge is 2.37. The SMILES string of the molecule is C[C@@H]1CN(C(=O)c2ccon2)C[C@H]1C(=O)O. The molecule has 0 aliphatic carbocycles. The molecule has 0 aromatic carbocycles. The molecule has 6 nitrogen and oxygen atoms in total. The Balaban J connectivity index is 2.09. The Hall–Kier alpha value is -1.85. The van der Waals surface area contributed by atoms with Crippen molar-refractivity contribution in [3.63, 3.8) is 0 Å². The van der Waals surface area contributed by atoms with Gasteiger partial charge in [-0.05, 0) is 5.92 Å². The van der Waals surface area contributed by atoms with E-state index in [0.717, 1.165) is 0 Å². The normalized spacial score (nSPS) is 24.7. The molecule has 0 saturated carbocycles. The van der Waals surface area contributed by atoms with Crippen LogP contribution in [0.4, 0.5) is 0 Å². The van der Waals surface area contributed by atoms with Crippen molar-refractivity contribution >= 4 is 11.9 Å². The molecule has 1 aromatic heterocycles. The number of hydrogen-bond donors (Lipinski definition) is 1. The Bertz CT molecular complexity index is 401. The third kappa shape index (κ3) is 1.78. The molecule has 0 radical (unpaired) electrons. The second-order valence-electron chi connectivity index (χ2n) is 4.02. The summed E-state index contributed by atoms with van der Waals surface area (Å²) in [4.78, 5) is 24.2. The van der Waals surface area contributed by atoms with E-state index < -0.39 is 11.9 Å². The highest BCUT2D eigenvalue weighted by Crippen LogP contribution is 2.24. The smallest absolute Gasteiger partial charge is 0.308 e. The average Bonchev–Trinajstić information content (AvgIpc) is 2.84. The van der Waals surface area contributed by atoms with Crippen molar-refractivity contribution in [2.24, 2.45) is 11.8 Å². The zero-order chi connectivity index (χ0) is 11.7. The minimum absolute atomic E-state index is 0.0339. The van der Waals surface area contributed by atoms with Crippen LogP contribution < -0.4 is 0 Å². The lowest BCUT2D eigenvalue weighted by molar-refractivity contribution is -0.142. The summed E-state index contributed by atoms with van der Waals surface area (Å²) in [6, 6.07) is 1.47. The van der Waals surface area contributed by atoms with Crippen molar-refractivity contribution in [1.82, 2.24) is 10.1 Å². The van der Waals surface area contributed by atoms with Gasteiger partial charge in [-0.25, -0.2) is 0 Å². The van der Waals surface area contributed by atoms with Gasteiger partial charge in [0.1, 0.15) is 6.26 Å². The third-order valence-electron chi connectivity index (χ3n) is 2.87. The van der Waals surface area contributed by atoms with E-state index in [1.54, 1.807) is 0 Å². The Morgan fingerprint density at radius 2 is 2.31 bits per heavy atom. The van der Waals surface area contributed by atoms with Crippen molar-refractivity contribution in [3.8, 4) is 0 Å². The molecule has 86 valence electrons. The van der Waals surface area contributed by atoms with Crippen LogP contribution in [0.5, 0.6) is 0 Å². The highest BCUT2D eigenvalue weighted by molar-refractivity contribution is 5.92. The first-order chi connectivity index (χ1) is 7.59. The molecule has 1 aromatic rings. The quantitative estimate of drug-likeness (QED) is 0.789. The van der Waals surface area contributed by atoms with E-state index in [4.69, 9.17) is 5.11 Å². The Labute approximate surface area is 91.8 Å². The molecule has 1 fully saturated rings. The number of carbonyl (C=O) groups excluding carboxylic acids is 1. The lowest BCUT2D eigenvalue weighted by Crippen LogP contribution is -2.30. The van der Waals surface area contributed by atoms with E-state index in [2.05, 4.69) is 9.68 Å². The molecule has 0 bridgehead atoms. The molecular weight excluding hydrogens is 212 g/mol. The van der Waals surface area contributed by atoms with Crippen LogP contribution in [-0.4, -0.2) is 40.1 Å². The molecule has 2 rings (SSSR count). The van der Waals surface area contributed by atoms with Crippen molar-refractivity contribution in [2.75, 3.05) is 13.1 Å². The predicted molar refractivity (Wildman–Crippen MR) is 52.7 cm³/mol. The maximum absolute atomic E-state index is 11.8. The molecule has 16 heavy (non-hydrogen) atoms. The number of aliphatic carboxylic acids is 1. The molecule has 2 heterocycles. The molecular formula is C10H12N2O4. The van der Waals surface area contributed by atoms with Gasteiger partial charge in [-0.1, -0.05) is 12.1 Å². The first-order valence-electron chi connectivity index (χ1n) is 5.02. The van der Waals surface area contributed by atoms with E-state index in [-0.39, 0.29) is 24.1 Å². The summed E-state index contributed by atoms with van der Waals surface area (Å²) in [5.41, 5.74) is 0.221. The molecule has 0 unspecified atom stereocenters. The zero-order valence-electron chi connectivity index (χ0n) is 8.79. The molecule has 0 spiro atoms. The number of carboxylic acids is 1. The van der Waals surface area contributed by atoms with E-state index in [9.17, 15) is 9.59 Å². The number of likely N-dealkylation sites (tertiary alicyclic amines) is 1. The Morgan fingerprint density at radius 3 is 2.81 bits per heavy atom.